The van der Waals surface area contributed by atoms with Crippen LogP contribution in [0.3, 0.4) is 0 Å². The second kappa shape index (κ2) is 6.39. The molecule has 0 saturated heterocycles. The molecule has 0 aliphatic rings. The van der Waals surface area contributed by atoms with Gasteiger partial charge < -0.3 is 14.1 Å². The maximum Gasteiger partial charge on any atom is 0.331 e. The van der Waals surface area contributed by atoms with E-state index in [0.29, 0.717) is 5.58 Å². The lowest BCUT2D eigenvalue weighted by Crippen LogP contribution is -1.98. The number of carbonyl (C=O) groups is 1. The van der Waals surface area contributed by atoms with Gasteiger partial charge >= 0.3 is 5.91 Å². The molecule has 0 spiro atoms. The van der Waals surface area contributed by atoms with Gasteiger partial charge in [0.05, 0.1) is 5.52 Å². The molecule has 4 rings (SSSR count). The monoisotopic (exact) mass is 361 g/mol. The molecule has 6 nitrogen and oxygen atoms in total. The molecule has 1 N–H and O–H groups in total. The Morgan fingerprint density at radius 1 is 1.07 bits per heavy atom. The minimum absolute atomic E-state index is 0.0101. The van der Waals surface area contributed by atoms with Crippen molar-refractivity contribution in [2.45, 2.75) is 26.8 Å². The Balaban J connectivity index is 1.77. The highest BCUT2D eigenvalue weighted by atomic mass is 16.3. The summed E-state index contributed by atoms with van der Waals surface area (Å²) in [6.45, 7) is 5.75. The van der Waals surface area contributed by atoms with Crippen molar-refractivity contribution >= 4 is 33.5 Å². The Morgan fingerprint density at radius 3 is 2.44 bits per heavy atom. The van der Waals surface area contributed by atoms with E-state index in [1.807, 2.05) is 63.2 Å². The molecule has 6 heteroatoms. The average molecular weight is 361 g/mol. The van der Waals surface area contributed by atoms with Gasteiger partial charge in [0.2, 0.25) is 5.88 Å². The second-order valence-corrected chi connectivity index (χ2v) is 6.71. The highest BCUT2D eigenvalue weighted by molar-refractivity contribution is 6.00. The summed E-state index contributed by atoms with van der Waals surface area (Å²) in [5, 5.41) is 20.1. The van der Waals surface area contributed by atoms with Crippen molar-refractivity contribution in [2.24, 2.45) is 10.2 Å². The maximum absolute atomic E-state index is 12.6. The highest BCUT2D eigenvalue weighted by Gasteiger charge is 2.20. The first kappa shape index (κ1) is 17.0. The Kier molecular flexibility index (Phi) is 4.03. The van der Waals surface area contributed by atoms with Crippen LogP contribution >= 0.6 is 0 Å². The van der Waals surface area contributed by atoms with E-state index in [1.54, 1.807) is 10.6 Å². The van der Waals surface area contributed by atoms with Crippen LogP contribution in [0.4, 0.5) is 5.69 Å². The first-order chi connectivity index (χ1) is 13.0. The molecule has 27 heavy (non-hydrogen) atoms. The molecule has 2 aromatic carbocycles. The van der Waals surface area contributed by atoms with Gasteiger partial charge in [-0.25, -0.2) is 0 Å². The predicted molar refractivity (Wildman–Crippen MR) is 104 cm³/mol. The van der Waals surface area contributed by atoms with Gasteiger partial charge in [-0.1, -0.05) is 36.4 Å². The van der Waals surface area contributed by atoms with E-state index in [1.165, 1.54) is 0 Å². The number of para-hydroxylation sites is 2. The standard InChI is InChI=1S/C21H19N3O3/c1-12(2)24-16-10-6-4-9-15(16)18(21(24)26)22-23-20(25)19-13(3)14-8-5-7-11-17(14)27-19/h4-12,26H,1-3H3. The van der Waals surface area contributed by atoms with Crippen molar-refractivity contribution in [3.05, 3.63) is 59.9 Å². The van der Waals surface area contributed by atoms with E-state index >= 15 is 0 Å². The molecule has 2 aromatic heterocycles. The van der Waals surface area contributed by atoms with Crippen LogP contribution in [0.15, 0.2) is 63.2 Å². The number of fused-ring (bicyclic) bond motifs is 2. The van der Waals surface area contributed by atoms with Crippen LogP contribution in [-0.4, -0.2) is 15.6 Å². The minimum Gasteiger partial charge on any atom is -0.493 e. The quantitative estimate of drug-likeness (QED) is 0.461. The fourth-order valence-electron chi connectivity index (χ4n) is 3.37. The molecule has 1 amide bonds. The number of hydrogen-bond acceptors (Lipinski definition) is 4. The summed E-state index contributed by atoms with van der Waals surface area (Å²) in [4.78, 5) is 12.6. The van der Waals surface area contributed by atoms with Crippen molar-refractivity contribution < 1.29 is 14.3 Å². The van der Waals surface area contributed by atoms with E-state index in [9.17, 15) is 9.90 Å². The van der Waals surface area contributed by atoms with Crippen LogP contribution in [0.1, 0.15) is 36.0 Å². The molecule has 0 bridgehead atoms. The zero-order chi connectivity index (χ0) is 19.1. The van der Waals surface area contributed by atoms with E-state index in [4.69, 9.17) is 4.42 Å². The number of amides is 1. The van der Waals surface area contributed by atoms with Crippen LogP contribution in [0.2, 0.25) is 0 Å². The van der Waals surface area contributed by atoms with E-state index in [2.05, 4.69) is 10.2 Å². The summed E-state index contributed by atoms with van der Waals surface area (Å²) < 4.78 is 7.40. The smallest absolute Gasteiger partial charge is 0.331 e. The van der Waals surface area contributed by atoms with Crippen molar-refractivity contribution in [3.8, 4) is 5.88 Å². The second-order valence-electron chi connectivity index (χ2n) is 6.71. The molecular weight excluding hydrogens is 342 g/mol. The van der Waals surface area contributed by atoms with E-state index in [0.717, 1.165) is 21.9 Å². The Labute approximate surface area is 155 Å². The molecule has 0 radical (unpaired) electrons. The van der Waals surface area contributed by atoms with Crippen LogP contribution < -0.4 is 0 Å². The number of nitrogens with zero attached hydrogens (tertiary/aromatic N) is 3. The predicted octanol–water partition coefficient (Wildman–Crippen LogP) is 5.91. The summed E-state index contributed by atoms with van der Waals surface area (Å²) in [5.41, 5.74) is 2.48. The lowest BCUT2D eigenvalue weighted by Gasteiger charge is -2.10. The highest BCUT2D eigenvalue weighted by Crippen LogP contribution is 2.40. The molecule has 0 fully saturated rings. The number of azo groups is 1. The average Bonchev–Trinajstić information content (AvgIpc) is 3.14. The van der Waals surface area contributed by atoms with Gasteiger partial charge in [-0.15, -0.1) is 10.2 Å². The number of aryl methyl sites for hydroxylation is 1. The van der Waals surface area contributed by atoms with Gasteiger partial charge in [0.25, 0.3) is 0 Å². The molecule has 0 atom stereocenters. The van der Waals surface area contributed by atoms with Gasteiger partial charge in [0.1, 0.15) is 5.58 Å². The molecule has 0 aliphatic heterocycles. The lowest BCUT2D eigenvalue weighted by molar-refractivity contribution is 0.0970. The molecule has 4 aromatic rings. The van der Waals surface area contributed by atoms with Gasteiger partial charge in [-0.3, -0.25) is 4.79 Å². The van der Waals surface area contributed by atoms with Gasteiger partial charge in [-0.05, 0) is 32.9 Å². The zero-order valence-corrected chi connectivity index (χ0v) is 15.3. The number of hydrogen-bond donors (Lipinski definition) is 1. The number of aromatic nitrogens is 1. The van der Waals surface area contributed by atoms with E-state index in [-0.39, 0.29) is 23.4 Å². The topological polar surface area (TPSA) is 80.1 Å². The van der Waals surface area contributed by atoms with Crippen molar-refractivity contribution in [1.82, 2.24) is 4.57 Å². The number of rotatable bonds is 3. The van der Waals surface area contributed by atoms with Crippen LogP contribution in [0, 0.1) is 6.92 Å². The SMILES string of the molecule is Cc1c(C(=O)N=Nc2c(O)n(C(C)C)c3ccccc23)oc2ccccc12. The maximum atomic E-state index is 12.6. The number of carbonyl (C=O) groups excluding carboxylic acids is 1. The largest absolute Gasteiger partial charge is 0.493 e. The summed E-state index contributed by atoms with van der Waals surface area (Å²) in [6, 6.07) is 15.0. The molecule has 2 heterocycles. The van der Waals surface area contributed by atoms with Gasteiger partial charge in [0.15, 0.2) is 11.4 Å². The third-order valence-electron chi connectivity index (χ3n) is 4.65. The molecule has 136 valence electrons. The Morgan fingerprint density at radius 2 is 1.74 bits per heavy atom. The number of aromatic hydroxyl groups is 1. The molecule has 0 saturated carbocycles. The van der Waals surface area contributed by atoms with Crippen molar-refractivity contribution in [3.63, 3.8) is 0 Å². The zero-order valence-electron chi connectivity index (χ0n) is 15.3. The third-order valence-corrected chi connectivity index (χ3v) is 4.65. The first-order valence-electron chi connectivity index (χ1n) is 8.75. The van der Waals surface area contributed by atoms with Gasteiger partial charge in [-0.2, -0.15) is 0 Å². The normalized spacial score (nSPS) is 12.0. The third kappa shape index (κ3) is 2.70. The Bertz CT molecular complexity index is 1200. The molecule has 0 unspecified atom stereocenters. The summed E-state index contributed by atoms with van der Waals surface area (Å²) in [6.07, 6.45) is 0. The number of furan rings is 1. The Hall–Kier alpha value is -3.41. The summed E-state index contributed by atoms with van der Waals surface area (Å²) in [7, 11) is 0. The van der Waals surface area contributed by atoms with Crippen molar-refractivity contribution in [1.29, 1.82) is 0 Å². The van der Waals surface area contributed by atoms with Gasteiger partial charge in [0, 0.05) is 22.4 Å². The van der Waals surface area contributed by atoms with Crippen LogP contribution in [-0.2, 0) is 0 Å². The lowest BCUT2D eigenvalue weighted by atomic mass is 10.1. The summed E-state index contributed by atoms with van der Waals surface area (Å²) >= 11 is 0. The molecule has 0 aliphatic carbocycles. The fourth-order valence-corrected chi connectivity index (χ4v) is 3.37. The van der Waals surface area contributed by atoms with Crippen LogP contribution in [0.5, 0.6) is 5.88 Å². The first-order valence-corrected chi connectivity index (χ1v) is 8.75. The fraction of sp³-hybridized carbons (Fsp3) is 0.190. The van der Waals surface area contributed by atoms with E-state index < -0.39 is 5.91 Å². The van der Waals surface area contributed by atoms with Crippen LogP contribution in [0.25, 0.3) is 21.9 Å². The minimum atomic E-state index is -0.579. The summed E-state index contributed by atoms with van der Waals surface area (Å²) in [5.74, 6) is -0.430. The van der Waals surface area contributed by atoms with Crippen molar-refractivity contribution in [2.75, 3.05) is 0 Å². The molecular formula is C21H19N3O3. The number of benzene rings is 2.